The van der Waals surface area contributed by atoms with E-state index in [4.69, 9.17) is 14.5 Å². The Morgan fingerprint density at radius 3 is 2.43 bits per heavy atom. The fourth-order valence-corrected chi connectivity index (χ4v) is 5.42. The maximum Gasteiger partial charge on any atom is 0.410 e. The molecule has 3 aliphatic rings. The highest BCUT2D eigenvalue weighted by Gasteiger charge is 2.28. The summed E-state index contributed by atoms with van der Waals surface area (Å²) in [4.78, 5) is 28.7. The number of carbonyl (C=O) groups is 1. The Hall–Kier alpha value is -2.87. The second kappa shape index (κ2) is 11.3. The van der Waals surface area contributed by atoms with E-state index >= 15 is 0 Å². The van der Waals surface area contributed by atoms with Crippen LogP contribution in [0.15, 0.2) is 30.5 Å². The average molecular weight is 508 g/mol. The molecule has 2 fully saturated rings. The van der Waals surface area contributed by atoms with Gasteiger partial charge in [0, 0.05) is 56.3 Å². The zero-order chi connectivity index (χ0) is 25.8. The van der Waals surface area contributed by atoms with Crippen molar-refractivity contribution >= 4 is 11.9 Å². The third-order valence-electron chi connectivity index (χ3n) is 7.40. The molecule has 0 unspecified atom stereocenters. The van der Waals surface area contributed by atoms with Crippen LogP contribution in [0.4, 0.5) is 10.6 Å². The first-order valence-corrected chi connectivity index (χ1v) is 13.9. The summed E-state index contributed by atoms with van der Waals surface area (Å²) in [5.41, 5.74) is 1.78. The van der Waals surface area contributed by atoms with Crippen molar-refractivity contribution in [3.05, 3.63) is 36.0 Å². The molecule has 2 saturated heterocycles. The zero-order valence-corrected chi connectivity index (χ0v) is 22.6. The number of anilines is 1. The summed E-state index contributed by atoms with van der Waals surface area (Å²) in [5.74, 6) is 2.70. The highest BCUT2D eigenvalue weighted by atomic mass is 16.6. The molecular formula is C29H41N5O3. The summed E-state index contributed by atoms with van der Waals surface area (Å²) < 4.78 is 11.7. The molecule has 200 valence electrons. The summed E-state index contributed by atoms with van der Waals surface area (Å²) in [7, 11) is 0. The van der Waals surface area contributed by atoms with Gasteiger partial charge in [-0.1, -0.05) is 0 Å². The molecule has 0 bridgehead atoms. The van der Waals surface area contributed by atoms with Crippen LogP contribution in [0.25, 0.3) is 11.4 Å². The molecule has 1 aromatic heterocycles. The number of aromatic nitrogens is 2. The van der Waals surface area contributed by atoms with Crippen LogP contribution < -0.4 is 9.64 Å². The monoisotopic (exact) mass is 507 g/mol. The number of amides is 1. The summed E-state index contributed by atoms with van der Waals surface area (Å²) >= 11 is 0. The number of hydrogen-bond acceptors (Lipinski definition) is 7. The average Bonchev–Trinajstić information content (AvgIpc) is 3.54. The minimum atomic E-state index is -0.472. The fourth-order valence-electron chi connectivity index (χ4n) is 5.42. The molecule has 0 radical (unpaired) electrons. The molecule has 2 aromatic rings. The summed E-state index contributed by atoms with van der Waals surface area (Å²) in [6.07, 6.45) is 8.34. The van der Waals surface area contributed by atoms with Gasteiger partial charge >= 0.3 is 6.09 Å². The van der Waals surface area contributed by atoms with E-state index in [1.165, 1.54) is 44.5 Å². The minimum Gasteiger partial charge on any atom is -0.490 e. The number of hydrogen-bond donors (Lipinski definition) is 0. The second-order valence-electron chi connectivity index (χ2n) is 11.5. The van der Waals surface area contributed by atoms with Gasteiger partial charge in [0.05, 0.1) is 0 Å². The summed E-state index contributed by atoms with van der Waals surface area (Å²) in [5, 5.41) is 0. The van der Waals surface area contributed by atoms with Crippen LogP contribution >= 0.6 is 0 Å². The van der Waals surface area contributed by atoms with E-state index in [0.29, 0.717) is 13.1 Å². The van der Waals surface area contributed by atoms with Gasteiger partial charge < -0.3 is 24.2 Å². The topological polar surface area (TPSA) is 71.0 Å². The quantitative estimate of drug-likeness (QED) is 0.535. The first kappa shape index (κ1) is 25.8. The SMILES string of the molecule is CC(C)(C)OC(=O)N1CCC(Oc2ccc(-c3ncc4c(n3)N(CCCN3CCCC3)CC4)cc2)CC1. The Morgan fingerprint density at radius 2 is 1.73 bits per heavy atom. The molecule has 0 N–H and O–H groups in total. The molecule has 0 saturated carbocycles. The third kappa shape index (κ3) is 6.72. The maximum atomic E-state index is 12.3. The van der Waals surface area contributed by atoms with Crippen molar-refractivity contribution in [3.8, 4) is 17.1 Å². The molecule has 1 aromatic carbocycles. The van der Waals surface area contributed by atoms with Crippen LogP contribution in [0.3, 0.4) is 0 Å². The van der Waals surface area contributed by atoms with Crippen LogP contribution in [-0.2, 0) is 11.2 Å². The highest BCUT2D eigenvalue weighted by molar-refractivity contribution is 5.68. The lowest BCUT2D eigenvalue weighted by molar-refractivity contribution is 0.0126. The Labute approximate surface area is 221 Å². The molecular weight excluding hydrogens is 466 g/mol. The molecule has 4 heterocycles. The third-order valence-corrected chi connectivity index (χ3v) is 7.40. The van der Waals surface area contributed by atoms with E-state index in [0.717, 1.165) is 55.3 Å². The predicted molar refractivity (Wildman–Crippen MR) is 145 cm³/mol. The van der Waals surface area contributed by atoms with E-state index in [-0.39, 0.29) is 12.2 Å². The highest BCUT2D eigenvalue weighted by Crippen LogP contribution is 2.29. The van der Waals surface area contributed by atoms with Crippen LogP contribution in [0.2, 0.25) is 0 Å². The second-order valence-corrected chi connectivity index (χ2v) is 11.5. The summed E-state index contributed by atoms with van der Waals surface area (Å²) in [6, 6.07) is 8.08. The largest absolute Gasteiger partial charge is 0.490 e. The van der Waals surface area contributed by atoms with Crippen molar-refractivity contribution < 1.29 is 14.3 Å². The van der Waals surface area contributed by atoms with Crippen molar-refractivity contribution in [2.24, 2.45) is 0 Å². The van der Waals surface area contributed by atoms with E-state index < -0.39 is 5.60 Å². The number of ether oxygens (including phenoxy) is 2. The van der Waals surface area contributed by atoms with E-state index in [9.17, 15) is 4.79 Å². The molecule has 1 amide bonds. The Bertz CT molecular complexity index is 1050. The Morgan fingerprint density at radius 1 is 1.00 bits per heavy atom. The Balaban J connectivity index is 1.13. The fraction of sp³-hybridized carbons (Fsp3) is 0.621. The molecule has 37 heavy (non-hydrogen) atoms. The van der Waals surface area contributed by atoms with Crippen molar-refractivity contribution in [2.75, 3.05) is 50.7 Å². The van der Waals surface area contributed by atoms with Gasteiger partial charge in [-0.15, -0.1) is 0 Å². The van der Waals surface area contributed by atoms with Gasteiger partial charge in [0.1, 0.15) is 23.3 Å². The number of rotatable bonds is 7. The van der Waals surface area contributed by atoms with Crippen LogP contribution in [0.1, 0.15) is 58.4 Å². The first-order valence-electron chi connectivity index (χ1n) is 13.9. The number of nitrogens with zero attached hydrogens (tertiary/aromatic N) is 5. The van der Waals surface area contributed by atoms with Crippen molar-refractivity contribution in [3.63, 3.8) is 0 Å². The van der Waals surface area contributed by atoms with Crippen molar-refractivity contribution in [1.29, 1.82) is 0 Å². The van der Waals surface area contributed by atoms with Gasteiger partial charge in [-0.2, -0.15) is 0 Å². The number of likely N-dealkylation sites (tertiary alicyclic amines) is 2. The number of fused-ring (bicyclic) bond motifs is 1. The maximum absolute atomic E-state index is 12.3. The Kier molecular flexibility index (Phi) is 7.84. The summed E-state index contributed by atoms with van der Waals surface area (Å²) in [6.45, 7) is 12.8. The van der Waals surface area contributed by atoms with E-state index in [1.807, 2.05) is 51.2 Å². The van der Waals surface area contributed by atoms with E-state index in [1.54, 1.807) is 4.90 Å². The van der Waals surface area contributed by atoms with Crippen molar-refractivity contribution in [2.45, 2.75) is 71.0 Å². The van der Waals surface area contributed by atoms with Gasteiger partial charge in [-0.05, 0) is 90.4 Å². The molecule has 5 rings (SSSR count). The number of benzene rings is 1. The van der Waals surface area contributed by atoms with Gasteiger partial charge in [0.15, 0.2) is 5.82 Å². The van der Waals surface area contributed by atoms with Crippen LogP contribution in [0.5, 0.6) is 5.75 Å². The van der Waals surface area contributed by atoms with Crippen LogP contribution in [0, 0.1) is 0 Å². The standard InChI is InChI=1S/C29H41N5O3/c1-29(2,3)37-28(35)34-19-12-25(13-20-34)36-24-9-7-22(8-10-24)26-30-21-23-11-18-33(27(23)31-26)17-6-16-32-14-4-5-15-32/h7-10,21,25H,4-6,11-20H2,1-3H3. The van der Waals surface area contributed by atoms with Gasteiger partial charge in [0.25, 0.3) is 0 Å². The predicted octanol–water partition coefficient (Wildman–Crippen LogP) is 4.77. The smallest absolute Gasteiger partial charge is 0.410 e. The van der Waals surface area contributed by atoms with Crippen molar-refractivity contribution in [1.82, 2.24) is 19.8 Å². The first-order chi connectivity index (χ1) is 17.8. The molecule has 3 aliphatic heterocycles. The zero-order valence-electron chi connectivity index (χ0n) is 22.6. The lowest BCUT2D eigenvalue weighted by Crippen LogP contribution is -2.44. The van der Waals surface area contributed by atoms with Gasteiger partial charge in [0.2, 0.25) is 0 Å². The number of piperidine rings is 1. The van der Waals surface area contributed by atoms with Crippen LogP contribution in [-0.4, -0.2) is 83.4 Å². The van der Waals surface area contributed by atoms with Gasteiger partial charge in [-0.25, -0.2) is 14.8 Å². The normalized spacial score (nSPS) is 18.8. The molecule has 8 nitrogen and oxygen atoms in total. The number of carbonyl (C=O) groups excluding carboxylic acids is 1. The molecule has 8 heteroatoms. The lowest BCUT2D eigenvalue weighted by atomic mass is 10.1. The van der Waals surface area contributed by atoms with Gasteiger partial charge in [-0.3, -0.25) is 0 Å². The molecule has 0 aliphatic carbocycles. The lowest BCUT2D eigenvalue weighted by Gasteiger charge is -2.33. The minimum absolute atomic E-state index is 0.0925. The molecule has 0 spiro atoms. The van der Waals surface area contributed by atoms with E-state index in [2.05, 4.69) is 14.8 Å². The molecule has 0 atom stereocenters.